The molecule has 0 bridgehead atoms. The number of halogens is 1. The molecule has 12 heteroatoms. The van der Waals surface area contributed by atoms with Gasteiger partial charge in [0.1, 0.15) is 6.10 Å². The molecule has 0 aromatic heterocycles. The summed E-state index contributed by atoms with van der Waals surface area (Å²) in [7, 11) is -3.62. The van der Waals surface area contributed by atoms with Gasteiger partial charge in [0.25, 0.3) is 5.91 Å². The van der Waals surface area contributed by atoms with Crippen LogP contribution in [0.5, 0.6) is 0 Å². The third kappa shape index (κ3) is 5.28. The highest BCUT2D eigenvalue weighted by molar-refractivity contribution is 7.89. The molecule has 2 fully saturated rings. The molecule has 2 amide bonds. The van der Waals surface area contributed by atoms with E-state index in [4.69, 9.17) is 21.1 Å². The van der Waals surface area contributed by atoms with E-state index in [9.17, 15) is 18.0 Å². The minimum atomic E-state index is -3.62. The van der Waals surface area contributed by atoms with Crippen LogP contribution in [0.3, 0.4) is 0 Å². The monoisotopic (exact) mass is 511 g/mol. The van der Waals surface area contributed by atoms with E-state index in [-0.39, 0.29) is 23.9 Å². The third-order valence-corrected chi connectivity index (χ3v) is 7.86. The molecule has 176 valence electrons. The first kappa shape index (κ1) is 23.8. The Morgan fingerprint density at radius 1 is 1.15 bits per heavy atom. The van der Waals surface area contributed by atoms with Gasteiger partial charge in [0.05, 0.1) is 36.8 Å². The highest BCUT2D eigenvalue weighted by Gasteiger charge is 2.33. The summed E-state index contributed by atoms with van der Waals surface area (Å²) in [4.78, 5) is 26.8. The van der Waals surface area contributed by atoms with Crippen LogP contribution < -0.4 is 10.2 Å². The van der Waals surface area contributed by atoms with Gasteiger partial charge < -0.3 is 14.8 Å². The van der Waals surface area contributed by atoms with E-state index >= 15 is 0 Å². The zero-order valence-corrected chi connectivity index (χ0v) is 19.9. The van der Waals surface area contributed by atoms with Gasteiger partial charge in [-0.3, -0.25) is 9.69 Å². The van der Waals surface area contributed by atoms with Gasteiger partial charge in [-0.05, 0) is 42.5 Å². The standard InChI is InChI=1S/C21H22ClN3O6S2/c22-14-1-6-19(32)18(11-14)20(26)23-12-16-13-25(21(27)31-16)15-2-4-17(5-3-15)33(28,29)24-7-9-30-10-8-24/h1-6,11,16,32H,7-10,12-13H2,(H,23,26)/t16-/m0/s1. The second-order valence-electron chi connectivity index (χ2n) is 7.50. The molecule has 2 aliphatic rings. The Labute approximate surface area is 202 Å². The number of cyclic esters (lactones) is 1. The van der Waals surface area contributed by atoms with Crippen LogP contribution in [0.25, 0.3) is 0 Å². The Bertz CT molecular complexity index is 1150. The topological polar surface area (TPSA) is 105 Å². The molecule has 0 aliphatic carbocycles. The number of thiol groups is 1. The molecule has 2 heterocycles. The minimum absolute atomic E-state index is 0.101. The maximum atomic E-state index is 12.8. The summed E-state index contributed by atoms with van der Waals surface area (Å²) in [5.41, 5.74) is 0.825. The smallest absolute Gasteiger partial charge is 0.414 e. The van der Waals surface area contributed by atoms with Crippen molar-refractivity contribution in [1.82, 2.24) is 9.62 Å². The summed E-state index contributed by atoms with van der Waals surface area (Å²) in [6.07, 6.45) is -1.14. The maximum absolute atomic E-state index is 12.8. The lowest BCUT2D eigenvalue weighted by Gasteiger charge is -2.26. The first-order valence-corrected chi connectivity index (χ1v) is 12.4. The minimum Gasteiger partial charge on any atom is -0.442 e. The summed E-state index contributed by atoms with van der Waals surface area (Å²) in [5.74, 6) is -0.380. The highest BCUT2D eigenvalue weighted by atomic mass is 35.5. The van der Waals surface area contributed by atoms with Crippen molar-refractivity contribution in [2.45, 2.75) is 15.9 Å². The molecule has 0 unspecified atom stereocenters. The molecule has 0 radical (unpaired) electrons. The lowest BCUT2D eigenvalue weighted by molar-refractivity contribution is 0.0730. The van der Waals surface area contributed by atoms with Gasteiger partial charge in [-0.15, -0.1) is 12.6 Å². The van der Waals surface area contributed by atoms with Crippen molar-refractivity contribution in [2.24, 2.45) is 0 Å². The lowest BCUT2D eigenvalue weighted by atomic mass is 10.2. The zero-order valence-electron chi connectivity index (χ0n) is 17.4. The molecule has 0 saturated carbocycles. The number of nitrogens with zero attached hydrogens (tertiary/aromatic N) is 2. The molecule has 2 saturated heterocycles. The number of morpholine rings is 1. The van der Waals surface area contributed by atoms with E-state index in [1.807, 2.05) is 0 Å². The van der Waals surface area contributed by atoms with Crippen molar-refractivity contribution in [3.8, 4) is 0 Å². The fourth-order valence-corrected chi connectivity index (χ4v) is 5.39. The normalized spacial score (nSPS) is 19.4. The van der Waals surface area contributed by atoms with E-state index in [1.165, 1.54) is 27.4 Å². The number of rotatable bonds is 6. The van der Waals surface area contributed by atoms with Gasteiger partial charge in [0, 0.05) is 28.7 Å². The van der Waals surface area contributed by atoms with Gasteiger partial charge in [0.15, 0.2) is 0 Å². The number of anilines is 1. The van der Waals surface area contributed by atoms with Crippen molar-refractivity contribution in [1.29, 1.82) is 0 Å². The van der Waals surface area contributed by atoms with Gasteiger partial charge in [-0.25, -0.2) is 13.2 Å². The van der Waals surface area contributed by atoms with Crippen LogP contribution in [0.4, 0.5) is 10.5 Å². The average Bonchev–Trinajstić information content (AvgIpc) is 3.20. The average molecular weight is 512 g/mol. The number of nitrogens with one attached hydrogen (secondary N) is 1. The van der Waals surface area contributed by atoms with Crippen molar-refractivity contribution in [3.63, 3.8) is 0 Å². The van der Waals surface area contributed by atoms with E-state index in [1.54, 1.807) is 24.3 Å². The molecule has 1 atom stereocenters. The second-order valence-corrected chi connectivity index (χ2v) is 10.4. The highest BCUT2D eigenvalue weighted by Crippen LogP contribution is 2.25. The van der Waals surface area contributed by atoms with E-state index in [0.717, 1.165) is 0 Å². The Kier molecular flexibility index (Phi) is 7.15. The zero-order chi connectivity index (χ0) is 23.6. The van der Waals surface area contributed by atoms with Gasteiger partial charge in [-0.2, -0.15) is 4.31 Å². The van der Waals surface area contributed by atoms with Gasteiger partial charge >= 0.3 is 6.09 Å². The number of hydrogen-bond donors (Lipinski definition) is 2. The largest absolute Gasteiger partial charge is 0.442 e. The lowest BCUT2D eigenvalue weighted by Crippen LogP contribution is -2.40. The summed E-state index contributed by atoms with van der Waals surface area (Å²) in [6.45, 7) is 1.64. The fraction of sp³-hybridized carbons (Fsp3) is 0.333. The van der Waals surface area contributed by atoms with E-state index in [2.05, 4.69) is 17.9 Å². The summed E-state index contributed by atoms with van der Waals surface area (Å²) in [5, 5.41) is 3.13. The molecule has 2 aliphatic heterocycles. The summed E-state index contributed by atoms with van der Waals surface area (Å²) in [6, 6.07) is 10.8. The quantitative estimate of drug-likeness (QED) is 0.577. The maximum Gasteiger partial charge on any atom is 0.414 e. The van der Waals surface area contributed by atoms with Crippen LogP contribution in [-0.2, 0) is 19.5 Å². The Morgan fingerprint density at radius 3 is 2.55 bits per heavy atom. The molecule has 1 N–H and O–H groups in total. The van der Waals surface area contributed by atoms with Crippen LogP contribution >= 0.6 is 24.2 Å². The summed E-state index contributed by atoms with van der Waals surface area (Å²) >= 11 is 10.2. The number of carbonyl (C=O) groups is 2. The number of hydrogen-bond acceptors (Lipinski definition) is 7. The molecule has 4 rings (SSSR count). The number of sulfonamides is 1. The Hall–Kier alpha value is -2.31. The fourth-order valence-electron chi connectivity index (χ4n) is 3.56. The van der Waals surface area contributed by atoms with Crippen LogP contribution in [0.15, 0.2) is 52.3 Å². The van der Waals surface area contributed by atoms with Gasteiger partial charge in [-0.1, -0.05) is 11.6 Å². The Morgan fingerprint density at radius 2 is 1.85 bits per heavy atom. The molecular weight excluding hydrogens is 490 g/mol. The van der Waals surface area contributed by atoms with Crippen molar-refractivity contribution in [3.05, 3.63) is 53.1 Å². The molecule has 0 spiro atoms. The molecule has 2 aromatic carbocycles. The number of ether oxygens (including phenoxy) is 2. The number of benzene rings is 2. The summed E-state index contributed by atoms with van der Waals surface area (Å²) < 4.78 is 37.5. The van der Waals surface area contributed by atoms with Crippen LogP contribution in [0.1, 0.15) is 10.4 Å². The van der Waals surface area contributed by atoms with Crippen LogP contribution in [-0.4, -0.2) is 70.2 Å². The van der Waals surface area contributed by atoms with E-state index < -0.39 is 22.2 Å². The SMILES string of the molecule is O=C(NC[C@H]1CN(c2ccc(S(=O)(=O)N3CCOCC3)cc2)C(=O)O1)c1cc(Cl)ccc1S. The first-order chi connectivity index (χ1) is 15.8. The van der Waals surface area contributed by atoms with Crippen molar-refractivity contribution < 1.29 is 27.5 Å². The first-order valence-electron chi connectivity index (χ1n) is 10.2. The predicted octanol–water partition coefficient (Wildman–Crippen LogP) is 2.40. The number of amides is 2. The molecular formula is C21H22ClN3O6S2. The molecule has 2 aromatic rings. The van der Waals surface area contributed by atoms with Crippen LogP contribution in [0, 0.1) is 0 Å². The Balaban J connectivity index is 1.38. The number of carbonyl (C=O) groups excluding carboxylic acids is 2. The van der Waals surface area contributed by atoms with Crippen molar-refractivity contribution in [2.75, 3.05) is 44.3 Å². The second kappa shape index (κ2) is 9.90. The molecule has 33 heavy (non-hydrogen) atoms. The predicted molar refractivity (Wildman–Crippen MR) is 125 cm³/mol. The third-order valence-electron chi connectivity index (χ3n) is 5.32. The van der Waals surface area contributed by atoms with Crippen molar-refractivity contribution >= 4 is 51.9 Å². The van der Waals surface area contributed by atoms with E-state index in [0.29, 0.717) is 47.5 Å². The van der Waals surface area contributed by atoms with Crippen LogP contribution in [0.2, 0.25) is 5.02 Å². The molecule has 9 nitrogen and oxygen atoms in total. The van der Waals surface area contributed by atoms with Gasteiger partial charge in [0.2, 0.25) is 10.0 Å².